The van der Waals surface area contributed by atoms with E-state index in [0.29, 0.717) is 5.69 Å². The molecule has 1 aromatic carbocycles. The zero-order chi connectivity index (χ0) is 10.8. The van der Waals surface area contributed by atoms with E-state index in [1.807, 2.05) is 17.5 Å². The predicted molar refractivity (Wildman–Crippen MR) is 62.4 cm³/mol. The number of thiophene rings is 1. The van der Waals surface area contributed by atoms with Gasteiger partial charge in [0.05, 0.1) is 5.69 Å². The van der Waals surface area contributed by atoms with E-state index in [9.17, 15) is 4.79 Å². The lowest BCUT2D eigenvalue weighted by Crippen LogP contribution is -2.11. The number of nitrogen functional groups attached to an aromatic ring is 1. The topological polar surface area (TPSA) is 75.3 Å². The summed E-state index contributed by atoms with van der Waals surface area (Å²) in [5.74, 6) is -0.871. The number of carbonyl (C=O) groups is 1. The quantitative estimate of drug-likeness (QED) is 0.694. The lowest BCUT2D eigenvalue weighted by molar-refractivity contribution is -0.134. The van der Waals surface area contributed by atoms with Crippen LogP contribution in [0.25, 0.3) is 10.1 Å². The van der Waals surface area contributed by atoms with Crippen molar-refractivity contribution in [2.24, 2.45) is 0 Å². The Labute approximate surface area is 90.3 Å². The lowest BCUT2D eigenvalue weighted by atomic mass is 10.2. The van der Waals surface area contributed by atoms with E-state index >= 15 is 0 Å². The zero-order valence-electron chi connectivity index (χ0n) is 7.86. The van der Waals surface area contributed by atoms with Gasteiger partial charge in [-0.3, -0.25) is 4.79 Å². The summed E-state index contributed by atoms with van der Waals surface area (Å²) in [6.45, 7) is -0.0732. The molecule has 2 aromatic rings. The molecule has 0 unspecified atom stereocenters. The van der Waals surface area contributed by atoms with Crippen LogP contribution in [-0.4, -0.2) is 17.6 Å². The summed E-state index contributed by atoms with van der Waals surface area (Å²) in [5, 5.41) is 14.3. The van der Waals surface area contributed by atoms with Crippen LogP contribution in [0.2, 0.25) is 0 Å². The number of fused-ring (bicyclic) bond motifs is 1. The average molecular weight is 222 g/mol. The summed E-state index contributed by atoms with van der Waals surface area (Å²) >= 11 is 1.54. The molecular weight excluding hydrogens is 212 g/mol. The van der Waals surface area contributed by atoms with E-state index in [1.54, 1.807) is 17.4 Å². The highest BCUT2D eigenvalue weighted by Gasteiger charge is 2.04. The minimum atomic E-state index is -0.871. The molecule has 0 saturated carbocycles. The average Bonchev–Trinajstić information content (AvgIpc) is 2.57. The molecule has 0 fully saturated rings. The Kier molecular flexibility index (Phi) is 2.47. The van der Waals surface area contributed by atoms with Crippen molar-refractivity contribution in [1.82, 2.24) is 0 Å². The molecule has 0 spiro atoms. The number of rotatable bonds is 3. The van der Waals surface area contributed by atoms with Crippen molar-refractivity contribution >= 4 is 38.8 Å². The van der Waals surface area contributed by atoms with Crippen LogP contribution >= 0.6 is 11.3 Å². The third-order valence-corrected chi connectivity index (χ3v) is 2.97. The standard InChI is InChI=1S/C10H10N2O2S/c11-6-1-2-7-8(12-4-10(13)14)5-15-9(7)3-6/h1-3,5,12H,4,11H2,(H,13,14). The second-order valence-electron chi connectivity index (χ2n) is 3.15. The Balaban J connectivity index is 2.32. The van der Waals surface area contributed by atoms with Crippen LogP contribution in [-0.2, 0) is 4.79 Å². The summed E-state index contributed by atoms with van der Waals surface area (Å²) in [5.41, 5.74) is 7.21. The maximum Gasteiger partial charge on any atom is 0.322 e. The first-order chi connectivity index (χ1) is 7.16. The Hall–Kier alpha value is -1.75. The molecule has 0 bridgehead atoms. The third kappa shape index (κ3) is 2.02. The maximum atomic E-state index is 10.4. The van der Waals surface area contributed by atoms with E-state index < -0.39 is 5.97 Å². The van der Waals surface area contributed by atoms with E-state index in [1.165, 1.54) is 0 Å². The van der Waals surface area contributed by atoms with Crippen molar-refractivity contribution in [1.29, 1.82) is 0 Å². The summed E-state index contributed by atoms with van der Waals surface area (Å²) in [7, 11) is 0. The predicted octanol–water partition coefficient (Wildman–Crippen LogP) is 1.98. The first kappa shape index (κ1) is 9.79. The molecule has 4 N–H and O–H groups in total. The van der Waals surface area contributed by atoms with Crippen molar-refractivity contribution in [3.05, 3.63) is 23.6 Å². The first-order valence-electron chi connectivity index (χ1n) is 4.39. The van der Waals surface area contributed by atoms with Gasteiger partial charge in [-0.2, -0.15) is 0 Å². The number of nitrogens with two attached hydrogens (primary N) is 1. The van der Waals surface area contributed by atoms with Crippen LogP contribution < -0.4 is 11.1 Å². The van der Waals surface area contributed by atoms with Crippen molar-refractivity contribution in [3.8, 4) is 0 Å². The minimum Gasteiger partial charge on any atom is -0.480 e. The number of carboxylic acid groups (broad SMARTS) is 1. The minimum absolute atomic E-state index is 0.0732. The van der Waals surface area contributed by atoms with E-state index in [0.717, 1.165) is 15.8 Å². The normalized spacial score (nSPS) is 10.4. The molecule has 1 heterocycles. The van der Waals surface area contributed by atoms with E-state index in [4.69, 9.17) is 10.8 Å². The molecule has 4 nitrogen and oxygen atoms in total. The SMILES string of the molecule is Nc1ccc2c(NCC(=O)O)csc2c1. The molecule has 5 heteroatoms. The fourth-order valence-corrected chi connectivity index (χ4v) is 2.32. The summed E-state index contributed by atoms with van der Waals surface area (Å²) in [6.07, 6.45) is 0. The Bertz CT molecular complexity index is 507. The van der Waals surface area contributed by atoms with Crippen molar-refractivity contribution in [2.45, 2.75) is 0 Å². The van der Waals surface area contributed by atoms with Crippen LogP contribution in [0.15, 0.2) is 23.6 Å². The van der Waals surface area contributed by atoms with Crippen molar-refractivity contribution in [2.75, 3.05) is 17.6 Å². The first-order valence-corrected chi connectivity index (χ1v) is 5.27. The van der Waals surface area contributed by atoms with Crippen LogP contribution in [0.1, 0.15) is 0 Å². The largest absolute Gasteiger partial charge is 0.480 e. The second-order valence-corrected chi connectivity index (χ2v) is 4.06. The van der Waals surface area contributed by atoms with E-state index in [2.05, 4.69) is 5.32 Å². The van der Waals surface area contributed by atoms with Gasteiger partial charge in [0.15, 0.2) is 0 Å². The number of aliphatic carboxylic acids is 1. The zero-order valence-corrected chi connectivity index (χ0v) is 8.67. The van der Waals surface area contributed by atoms with Crippen molar-refractivity contribution in [3.63, 3.8) is 0 Å². The van der Waals surface area contributed by atoms with E-state index in [-0.39, 0.29) is 6.54 Å². The lowest BCUT2D eigenvalue weighted by Gasteiger charge is -2.01. The third-order valence-electron chi connectivity index (χ3n) is 2.03. The summed E-state index contributed by atoms with van der Waals surface area (Å²) < 4.78 is 1.06. The molecule has 0 aliphatic rings. The van der Waals surface area contributed by atoms with Gasteiger partial charge in [0.1, 0.15) is 6.54 Å². The molecule has 0 radical (unpaired) electrons. The monoisotopic (exact) mass is 222 g/mol. The Morgan fingerprint density at radius 1 is 1.53 bits per heavy atom. The fourth-order valence-electron chi connectivity index (χ4n) is 1.35. The van der Waals surface area contributed by atoms with Crippen LogP contribution in [0.5, 0.6) is 0 Å². The summed E-state index contributed by atoms with van der Waals surface area (Å²) in [6, 6.07) is 5.58. The van der Waals surface area contributed by atoms with Gasteiger partial charge in [-0.1, -0.05) is 0 Å². The second kappa shape index (κ2) is 3.78. The van der Waals surface area contributed by atoms with Gasteiger partial charge in [-0.15, -0.1) is 11.3 Å². The number of benzene rings is 1. The molecule has 15 heavy (non-hydrogen) atoms. The number of hydrogen-bond donors (Lipinski definition) is 3. The van der Waals surface area contributed by atoms with Gasteiger partial charge in [0, 0.05) is 21.2 Å². The molecule has 0 saturated heterocycles. The Morgan fingerprint density at radius 3 is 3.07 bits per heavy atom. The molecule has 0 atom stereocenters. The highest BCUT2D eigenvalue weighted by atomic mass is 32.1. The highest BCUT2D eigenvalue weighted by molar-refractivity contribution is 7.17. The number of nitrogens with one attached hydrogen (secondary N) is 1. The highest BCUT2D eigenvalue weighted by Crippen LogP contribution is 2.31. The molecule has 1 aromatic heterocycles. The van der Waals surface area contributed by atoms with Gasteiger partial charge >= 0.3 is 5.97 Å². The Morgan fingerprint density at radius 2 is 2.33 bits per heavy atom. The smallest absolute Gasteiger partial charge is 0.322 e. The van der Waals surface area contributed by atoms with Crippen molar-refractivity contribution < 1.29 is 9.90 Å². The van der Waals surface area contributed by atoms with Gasteiger partial charge in [0.2, 0.25) is 0 Å². The van der Waals surface area contributed by atoms with Gasteiger partial charge < -0.3 is 16.2 Å². The molecular formula is C10H10N2O2S. The molecule has 78 valence electrons. The number of carboxylic acids is 1. The van der Waals surface area contributed by atoms with Crippen LogP contribution in [0.3, 0.4) is 0 Å². The number of anilines is 2. The van der Waals surface area contributed by atoms with Gasteiger partial charge in [0.25, 0.3) is 0 Å². The van der Waals surface area contributed by atoms with Gasteiger partial charge in [-0.25, -0.2) is 0 Å². The molecule has 0 aliphatic heterocycles. The molecule has 0 amide bonds. The number of hydrogen-bond acceptors (Lipinski definition) is 4. The summed E-state index contributed by atoms with van der Waals surface area (Å²) in [4.78, 5) is 10.4. The maximum absolute atomic E-state index is 10.4. The van der Waals surface area contributed by atoms with Crippen LogP contribution in [0, 0.1) is 0 Å². The molecule has 2 rings (SSSR count). The van der Waals surface area contributed by atoms with Crippen LogP contribution in [0.4, 0.5) is 11.4 Å². The fraction of sp³-hybridized carbons (Fsp3) is 0.100. The molecule has 0 aliphatic carbocycles. The van der Waals surface area contributed by atoms with Gasteiger partial charge in [-0.05, 0) is 18.2 Å².